The van der Waals surface area contributed by atoms with Crippen molar-refractivity contribution in [3.63, 3.8) is 0 Å². The normalized spacial score (nSPS) is 12.1. The monoisotopic (exact) mass is 1090 g/mol. The zero-order valence-electron chi connectivity index (χ0n) is 47.9. The first-order valence-corrected chi connectivity index (χ1v) is 28.1. The van der Waals surface area contributed by atoms with Gasteiger partial charge in [0.1, 0.15) is 17.2 Å². The molecule has 0 saturated heterocycles. The lowest BCUT2D eigenvalue weighted by molar-refractivity contribution is -0.159. The summed E-state index contributed by atoms with van der Waals surface area (Å²) in [5.74, 6) is -1.40. The Balaban J connectivity index is 3.69. The summed E-state index contributed by atoms with van der Waals surface area (Å²) in [5.41, 5.74) is 7.00. The van der Waals surface area contributed by atoms with Gasteiger partial charge < -0.3 is 72.2 Å². The number of hydrogen-bond acceptors (Lipinski definition) is 18. The van der Waals surface area contributed by atoms with E-state index in [-0.39, 0.29) is 43.8 Å². The van der Waals surface area contributed by atoms with E-state index in [1.54, 1.807) is 20.8 Å². The van der Waals surface area contributed by atoms with E-state index < -0.39 is 23.2 Å². The Morgan fingerprint density at radius 2 is 0.711 bits per heavy atom. The summed E-state index contributed by atoms with van der Waals surface area (Å²) in [4.78, 5) is 52.9. The van der Waals surface area contributed by atoms with Crippen LogP contribution in [0.25, 0.3) is 10.4 Å². The van der Waals surface area contributed by atoms with Gasteiger partial charge in [0, 0.05) is 30.8 Å². The molecule has 0 saturated carbocycles. The number of hydrogen-bond donors (Lipinski definition) is 2. The number of unbranched alkanes of at least 4 members (excludes halogenated alkanes) is 13. The SMILES string of the molecule is CC(C)(C)OC(=O)CCCCCCCCCCCCCCCCC(=O)N[C@@H](CC(=O)NCCOCCOCCOCCOCCOCCOCCOCCOCCOCCOCCOCCN=[N+]=[N-])C(=O)OC(C)(C)C. The van der Waals surface area contributed by atoms with Crippen molar-refractivity contribution in [2.24, 2.45) is 5.11 Å². The molecule has 22 nitrogen and oxygen atoms in total. The molecule has 22 heteroatoms. The van der Waals surface area contributed by atoms with Crippen LogP contribution in [0, 0.1) is 0 Å². The molecule has 2 amide bonds. The highest BCUT2D eigenvalue weighted by molar-refractivity contribution is 5.89. The van der Waals surface area contributed by atoms with E-state index in [1.165, 1.54) is 51.4 Å². The minimum absolute atomic E-state index is 0.0998. The lowest BCUT2D eigenvalue weighted by Gasteiger charge is -2.24. The summed E-state index contributed by atoms with van der Waals surface area (Å²) in [6.07, 6.45) is 16.2. The summed E-state index contributed by atoms with van der Waals surface area (Å²) in [7, 11) is 0. The van der Waals surface area contributed by atoms with E-state index in [0.717, 1.165) is 38.5 Å². The smallest absolute Gasteiger partial charge is 0.329 e. The predicted octanol–water partition coefficient (Wildman–Crippen LogP) is 7.40. The molecule has 0 aromatic rings. The molecule has 0 fully saturated rings. The van der Waals surface area contributed by atoms with Gasteiger partial charge in [-0.15, -0.1) is 0 Å². The van der Waals surface area contributed by atoms with Gasteiger partial charge in [-0.05, 0) is 59.9 Å². The zero-order chi connectivity index (χ0) is 55.9. The third-order valence-corrected chi connectivity index (χ3v) is 10.6. The Labute approximate surface area is 455 Å². The van der Waals surface area contributed by atoms with Crippen molar-refractivity contribution in [1.29, 1.82) is 0 Å². The Bertz CT molecular complexity index is 1420. The number of rotatable bonds is 57. The van der Waals surface area contributed by atoms with Gasteiger partial charge in [0.05, 0.1) is 152 Å². The lowest BCUT2D eigenvalue weighted by atomic mass is 10.0. The maximum Gasteiger partial charge on any atom is 0.329 e. The molecule has 0 heterocycles. The molecule has 0 unspecified atom stereocenters. The first-order chi connectivity index (χ1) is 36.7. The number of amides is 2. The van der Waals surface area contributed by atoms with Gasteiger partial charge in [-0.2, -0.15) is 0 Å². The van der Waals surface area contributed by atoms with Crippen molar-refractivity contribution in [3.05, 3.63) is 10.4 Å². The zero-order valence-corrected chi connectivity index (χ0v) is 47.9. The summed E-state index contributed by atoms with van der Waals surface area (Å²) in [5, 5.41) is 8.86. The molecular formula is C54H103N5O17. The van der Waals surface area contributed by atoms with Crippen LogP contribution in [0.1, 0.15) is 151 Å². The average molecular weight is 1090 g/mol. The molecule has 0 bridgehead atoms. The van der Waals surface area contributed by atoms with Crippen molar-refractivity contribution in [2.45, 2.75) is 168 Å². The average Bonchev–Trinajstić information content (AvgIpc) is 3.35. The molecule has 0 aliphatic heterocycles. The molecule has 446 valence electrons. The highest BCUT2D eigenvalue weighted by Gasteiger charge is 2.28. The Hall–Kier alpha value is -3.25. The fraction of sp³-hybridized carbons (Fsp3) is 0.926. The molecule has 0 aromatic heterocycles. The first-order valence-electron chi connectivity index (χ1n) is 28.1. The summed E-state index contributed by atoms with van der Waals surface area (Å²) in [6.45, 7) is 21.0. The van der Waals surface area contributed by atoms with Crippen molar-refractivity contribution >= 4 is 23.8 Å². The Kier molecular flexibility index (Phi) is 51.4. The van der Waals surface area contributed by atoms with E-state index in [1.807, 2.05) is 20.8 Å². The second-order valence-electron chi connectivity index (χ2n) is 19.9. The summed E-state index contributed by atoms with van der Waals surface area (Å²) in [6, 6.07) is -1.08. The van der Waals surface area contributed by atoms with Crippen LogP contribution in [-0.2, 0) is 80.8 Å². The van der Waals surface area contributed by atoms with Crippen LogP contribution in [0.2, 0.25) is 0 Å². The minimum Gasteiger partial charge on any atom is -0.460 e. The van der Waals surface area contributed by atoms with E-state index in [4.69, 9.17) is 67.1 Å². The van der Waals surface area contributed by atoms with Gasteiger partial charge in [-0.3, -0.25) is 14.4 Å². The fourth-order valence-corrected chi connectivity index (χ4v) is 6.87. The van der Waals surface area contributed by atoms with Crippen LogP contribution in [0.5, 0.6) is 0 Å². The highest BCUT2D eigenvalue weighted by Crippen LogP contribution is 2.16. The predicted molar refractivity (Wildman–Crippen MR) is 288 cm³/mol. The highest BCUT2D eigenvalue weighted by atomic mass is 16.6. The molecule has 0 rings (SSSR count). The molecule has 76 heavy (non-hydrogen) atoms. The van der Waals surface area contributed by atoms with Gasteiger partial charge in [0.2, 0.25) is 11.8 Å². The van der Waals surface area contributed by atoms with Crippen molar-refractivity contribution in [3.8, 4) is 0 Å². The molecule has 0 aliphatic rings. The van der Waals surface area contributed by atoms with Gasteiger partial charge in [-0.1, -0.05) is 82.2 Å². The Morgan fingerprint density at radius 1 is 0.408 bits per heavy atom. The first kappa shape index (κ1) is 72.8. The molecular weight excluding hydrogens is 991 g/mol. The van der Waals surface area contributed by atoms with Crippen LogP contribution in [0.4, 0.5) is 0 Å². The van der Waals surface area contributed by atoms with Crippen LogP contribution in [0.3, 0.4) is 0 Å². The molecule has 1 atom stereocenters. The van der Waals surface area contributed by atoms with E-state index in [9.17, 15) is 19.2 Å². The largest absolute Gasteiger partial charge is 0.460 e. The molecule has 0 aromatic carbocycles. The molecule has 0 radical (unpaired) electrons. The molecule has 0 aliphatic carbocycles. The van der Waals surface area contributed by atoms with Crippen molar-refractivity contribution in [2.75, 3.05) is 158 Å². The maximum atomic E-state index is 12.9. The third kappa shape index (κ3) is 58.4. The van der Waals surface area contributed by atoms with Gasteiger partial charge in [0.25, 0.3) is 0 Å². The maximum absolute atomic E-state index is 12.9. The van der Waals surface area contributed by atoms with Gasteiger partial charge in [-0.25, -0.2) is 4.79 Å². The second-order valence-corrected chi connectivity index (χ2v) is 19.9. The van der Waals surface area contributed by atoms with Crippen LogP contribution >= 0.6 is 0 Å². The number of azide groups is 1. The van der Waals surface area contributed by atoms with E-state index in [2.05, 4.69) is 20.7 Å². The van der Waals surface area contributed by atoms with E-state index >= 15 is 0 Å². The summed E-state index contributed by atoms with van der Waals surface area (Å²) < 4.78 is 71.0. The second kappa shape index (κ2) is 53.7. The third-order valence-electron chi connectivity index (χ3n) is 10.6. The lowest BCUT2D eigenvalue weighted by Crippen LogP contribution is -2.47. The fourth-order valence-electron chi connectivity index (χ4n) is 6.87. The Morgan fingerprint density at radius 3 is 1.04 bits per heavy atom. The van der Waals surface area contributed by atoms with Crippen LogP contribution in [-0.4, -0.2) is 199 Å². The van der Waals surface area contributed by atoms with Crippen LogP contribution in [0.15, 0.2) is 5.11 Å². The number of nitrogens with one attached hydrogen (secondary N) is 2. The number of esters is 2. The standard InChI is InChI=1S/C54H103N5O17/c1-53(2,3)75-51(62)22-20-18-16-14-12-10-8-7-9-11-13-15-17-19-21-49(60)58-48(52(63)76-54(4,5)6)47-50(61)56-23-25-64-27-29-66-31-33-68-35-37-70-39-41-72-43-45-74-46-44-73-42-40-71-38-36-69-34-32-67-30-28-65-26-24-57-59-55/h48H,7-47H2,1-6H3,(H,56,61)(H,58,60)/t48-/m0/s1. The topological polar surface area (TPSA) is 261 Å². The molecule has 2 N–H and O–H groups in total. The number of carbonyl (C=O) groups excluding carboxylic acids is 4. The van der Waals surface area contributed by atoms with Crippen LogP contribution < -0.4 is 10.6 Å². The van der Waals surface area contributed by atoms with Crippen molar-refractivity contribution < 1.29 is 80.8 Å². The van der Waals surface area contributed by atoms with E-state index in [0.29, 0.717) is 152 Å². The number of carbonyl (C=O) groups is 4. The quantitative estimate of drug-likeness (QED) is 0.0198. The summed E-state index contributed by atoms with van der Waals surface area (Å²) >= 11 is 0. The van der Waals surface area contributed by atoms with Gasteiger partial charge >= 0.3 is 11.9 Å². The minimum atomic E-state index is -1.08. The van der Waals surface area contributed by atoms with Gasteiger partial charge in [0.15, 0.2) is 0 Å². The van der Waals surface area contributed by atoms with Crippen molar-refractivity contribution in [1.82, 2.24) is 10.6 Å². The molecule has 0 spiro atoms. The number of nitrogens with zero attached hydrogens (tertiary/aromatic N) is 3. The number of ether oxygens (including phenoxy) is 13.